The summed E-state index contributed by atoms with van der Waals surface area (Å²) < 4.78 is 6.63. The van der Waals surface area contributed by atoms with Crippen LogP contribution in [0.1, 0.15) is 5.89 Å². The van der Waals surface area contributed by atoms with Gasteiger partial charge in [-0.1, -0.05) is 40.5 Å². The summed E-state index contributed by atoms with van der Waals surface area (Å²) in [6, 6.07) is 12.1. The molecular formula is C17H10Cl2N4O2. The molecule has 0 saturated heterocycles. The fourth-order valence-corrected chi connectivity index (χ4v) is 2.82. The summed E-state index contributed by atoms with van der Waals surface area (Å²) in [5.41, 5.74) is 1.09. The molecule has 0 saturated carbocycles. The van der Waals surface area contributed by atoms with E-state index in [4.69, 9.17) is 27.7 Å². The molecule has 0 bridgehead atoms. The van der Waals surface area contributed by atoms with E-state index in [0.717, 1.165) is 5.56 Å². The van der Waals surface area contributed by atoms with Crippen molar-refractivity contribution < 1.29 is 4.52 Å². The Bertz CT molecular complexity index is 1140. The number of hydrogen-bond donors (Lipinski definition) is 0. The molecule has 8 heteroatoms. The Morgan fingerprint density at radius 3 is 2.76 bits per heavy atom. The summed E-state index contributed by atoms with van der Waals surface area (Å²) >= 11 is 11.9. The molecule has 0 aliphatic heterocycles. The second-order valence-electron chi connectivity index (χ2n) is 5.36. The molecule has 0 unspecified atom stereocenters. The molecule has 25 heavy (non-hydrogen) atoms. The third-order valence-corrected chi connectivity index (χ3v) is 4.11. The van der Waals surface area contributed by atoms with Gasteiger partial charge in [0.25, 0.3) is 5.56 Å². The largest absolute Gasteiger partial charge is 0.337 e. The normalized spacial score (nSPS) is 11.1. The van der Waals surface area contributed by atoms with Gasteiger partial charge in [-0.15, -0.1) is 0 Å². The molecule has 2 aromatic carbocycles. The van der Waals surface area contributed by atoms with Crippen molar-refractivity contribution in [3.63, 3.8) is 0 Å². The quantitative estimate of drug-likeness (QED) is 0.546. The fourth-order valence-electron chi connectivity index (χ4n) is 2.45. The maximum absolute atomic E-state index is 12.6. The topological polar surface area (TPSA) is 73.8 Å². The number of rotatable bonds is 3. The lowest BCUT2D eigenvalue weighted by Crippen LogP contribution is -2.21. The van der Waals surface area contributed by atoms with Gasteiger partial charge in [0.15, 0.2) is 0 Å². The summed E-state index contributed by atoms with van der Waals surface area (Å²) in [6.07, 6.45) is 1.45. The molecule has 0 amide bonds. The second kappa shape index (κ2) is 6.31. The van der Waals surface area contributed by atoms with Gasteiger partial charge in [-0.25, -0.2) is 4.98 Å². The minimum absolute atomic E-state index is 0.113. The predicted molar refractivity (Wildman–Crippen MR) is 94.9 cm³/mol. The van der Waals surface area contributed by atoms with E-state index >= 15 is 0 Å². The van der Waals surface area contributed by atoms with Crippen molar-refractivity contribution in [3.8, 4) is 11.4 Å². The van der Waals surface area contributed by atoms with Gasteiger partial charge in [0.2, 0.25) is 11.7 Å². The summed E-state index contributed by atoms with van der Waals surface area (Å²) in [7, 11) is 0. The molecule has 0 radical (unpaired) electrons. The van der Waals surface area contributed by atoms with E-state index in [1.165, 1.54) is 10.9 Å². The van der Waals surface area contributed by atoms with Crippen LogP contribution in [0.4, 0.5) is 0 Å². The molecule has 0 fully saturated rings. The van der Waals surface area contributed by atoms with Crippen molar-refractivity contribution in [3.05, 3.63) is 75.1 Å². The van der Waals surface area contributed by atoms with Crippen molar-refractivity contribution >= 4 is 34.1 Å². The van der Waals surface area contributed by atoms with Crippen LogP contribution in [-0.4, -0.2) is 19.7 Å². The second-order valence-corrected chi connectivity index (χ2v) is 6.23. The minimum atomic E-state index is -0.227. The average molecular weight is 373 g/mol. The lowest BCUT2D eigenvalue weighted by Gasteiger charge is -2.03. The van der Waals surface area contributed by atoms with Gasteiger partial charge in [0, 0.05) is 15.6 Å². The summed E-state index contributed by atoms with van der Waals surface area (Å²) in [4.78, 5) is 21.1. The lowest BCUT2D eigenvalue weighted by atomic mass is 10.2. The molecule has 0 atom stereocenters. The Balaban J connectivity index is 1.68. The summed E-state index contributed by atoms with van der Waals surface area (Å²) in [5, 5.41) is 5.42. The van der Waals surface area contributed by atoms with Crippen LogP contribution >= 0.6 is 23.2 Å². The molecular weight excluding hydrogens is 363 g/mol. The van der Waals surface area contributed by atoms with Crippen LogP contribution in [0.5, 0.6) is 0 Å². The van der Waals surface area contributed by atoms with Crippen LogP contribution in [0.25, 0.3) is 22.3 Å². The molecule has 0 aliphatic carbocycles. The van der Waals surface area contributed by atoms with E-state index < -0.39 is 0 Å². The van der Waals surface area contributed by atoms with Crippen molar-refractivity contribution in [2.24, 2.45) is 0 Å². The standard InChI is InChI=1S/C17H10Cl2N4O2/c18-11-3-1-2-10(6-11)16-21-15(25-22-16)8-23-9-20-14-5-4-12(19)7-13(14)17(23)24/h1-7,9H,8H2. The monoisotopic (exact) mass is 372 g/mol. The number of aromatic nitrogens is 4. The molecule has 4 rings (SSSR count). The predicted octanol–water partition coefficient (Wildman–Crippen LogP) is 3.80. The Morgan fingerprint density at radius 2 is 1.92 bits per heavy atom. The van der Waals surface area contributed by atoms with Crippen LogP contribution in [-0.2, 0) is 6.54 Å². The highest BCUT2D eigenvalue weighted by Gasteiger charge is 2.12. The Hall–Kier alpha value is -2.70. The van der Waals surface area contributed by atoms with E-state index in [1.54, 1.807) is 36.4 Å². The maximum atomic E-state index is 12.6. The van der Waals surface area contributed by atoms with Crippen LogP contribution in [0.15, 0.2) is 58.1 Å². The van der Waals surface area contributed by atoms with Gasteiger partial charge in [0.1, 0.15) is 6.54 Å². The highest BCUT2D eigenvalue weighted by atomic mass is 35.5. The SMILES string of the molecule is O=c1c2cc(Cl)ccc2ncn1Cc1nc(-c2cccc(Cl)c2)no1. The first-order chi connectivity index (χ1) is 12.1. The first kappa shape index (κ1) is 15.8. The van der Waals surface area contributed by atoms with Crippen LogP contribution in [0, 0.1) is 0 Å². The van der Waals surface area contributed by atoms with Gasteiger partial charge in [-0.3, -0.25) is 9.36 Å². The van der Waals surface area contributed by atoms with E-state index in [2.05, 4.69) is 15.1 Å². The maximum Gasteiger partial charge on any atom is 0.261 e. The van der Waals surface area contributed by atoms with Crippen molar-refractivity contribution in [1.29, 1.82) is 0 Å². The van der Waals surface area contributed by atoms with Crippen LogP contribution in [0.2, 0.25) is 10.0 Å². The smallest absolute Gasteiger partial charge is 0.261 e. The highest BCUT2D eigenvalue weighted by molar-refractivity contribution is 6.31. The lowest BCUT2D eigenvalue weighted by molar-refractivity contribution is 0.369. The van der Waals surface area contributed by atoms with E-state index in [-0.39, 0.29) is 12.1 Å². The fraction of sp³-hybridized carbons (Fsp3) is 0.0588. The molecule has 2 heterocycles. The van der Waals surface area contributed by atoms with Gasteiger partial charge in [-0.2, -0.15) is 4.98 Å². The zero-order valence-electron chi connectivity index (χ0n) is 12.7. The molecule has 0 aliphatic rings. The molecule has 4 aromatic rings. The summed E-state index contributed by atoms with van der Waals surface area (Å²) in [6.45, 7) is 0.113. The Labute approximate surface area is 151 Å². The zero-order chi connectivity index (χ0) is 17.4. The van der Waals surface area contributed by atoms with E-state index in [1.807, 2.05) is 6.07 Å². The molecule has 6 nitrogen and oxygen atoms in total. The number of hydrogen-bond acceptors (Lipinski definition) is 5. The van der Waals surface area contributed by atoms with E-state index in [0.29, 0.717) is 32.7 Å². The number of nitrogens with zero attached hydrogens (tertiary/aromatic N) is 4. The first-order valence-corrected chi connectivity index (χ1v) is 8.09. The van der Waals surface area contributed by atoms with Crippen LogP contribution < -0.4 is 5.56 Å². The third kappa shape index (κ3) is 3.14. The highest BCUT2D eigenvalue weighted by Crippen LogP contribution is 2.20. The van der Waals surface area contributed by atoms with Crippen molar-refractivity contribution in [1.82, 2.24) is 19.7 Å². The minimum Gasteiger partial charge on any atom is -0.337 e. The molecule has 2 aromatic heterocycles. The zero-order valence-corrected chi connectivity index (χ0v) is 14.2. The Kier molecular flexibility index (Phi) is 3.99. The average Bonchev–Trinajstić information content (AvgIpc) is 3.07. The number of halogens is 2. The van der Waals surface area contributed by atoms with Gasteiger partial charge >= 0.3 is 0 Å². The Morgan fingerprint density at radius 1 is 1.08 bits per heavy atom. The van der Waals surface area contributed by atoms with Gasteiger partial charge < -0.3 is 4.52 Å². The molecule has 124 valence electrons. The van der Waals surface area contributed by atoms with Crippen molar-refractivity contribution in [2.75, 3.05) is 0 Å². The number of fused-ring (bicyclic) bond motifs is 1. The first-order valence-electron chi connectivity index (χ1n) is 7.33. The summed E-state index contributed by atoms with van der Waals surface area (Å²) in [5.74, 6) is 0.697. The van der Waals surface area contributed by atoms with E-state index in [9.17, 15) is 4.79 Å². The molecule has 0 spiro atoms. The van der Waals surface area contributed by atoms with Crippen molar-refractivity contribution in [2.45, 2.75) is 6.54 Å². The third-order valence-electron chi connectivity index (χ3n) is 3.64. The number of benzene rings is 2. The molecule has 0 N–H and O–H groups in total. The van der Waals surface area contributed by atoms with Gasteiger partial charge in [-0.05, 0) is 30.3 Å². The van der Waals surface area contributed by atoms with Gasteiger partial charge in [0.05, 0.1) is 17.2 Å². The van der Waals surface area contributed by atoms with Crippen LogP contribution in [0.3, 0.4) is 0 Å².